The highest BCUT2D eigenvalue weighted by molar-refractivity contribution is 6.35. The number of fused-ring (bicyclic) bond motifs is 1. The van der Waals surface area contributed by atoms with Gasteiger partial charge < -0.3 is 10.2 Å². The predicted molar refractivity (Wildman–Crippen MR) is 58.6 cm³/mol. The lowest BCUT2D eigenvalue weighted by Crippen LogP contribution is -2.17. The highest BCUT2D eigenvalue weighted by atomic mass is 35.5. The quantitative estimate of drug-likeness (QED) is 0.826. The van der Waals surface area contributed by atoms with Crippen LogP contribution in [0.5, 0.6) is 0 Å². The van der Waals surface area contributed by atoms with Crippen LogP contribution in [-0.2, 0) is 6.42 Å². The lowest BCUT2D eigenvalue weighted by molar-refractivity contribution is 0.605. The molecule has 0 saturated carbocycles. The minimum absolute atomic E-state index is 0.118. The molecule has 1 heterocycles. The molecule has 0 bridgehead atoms. The van der Waals surface area contributed by atoms with Crippen LogP contribution in [-0.4, -0.2) is 6.04 Å². The molecule has 0 spiro atoms. The van der Waals surface area contributed by atoms with E-state index in [1.165, 1.54) is 0 Å². The van der Waals surface area contributed by atoms with Crippen molar-refractivity contribution in [2.75, 3.05) is 0 Å². The number of benzene rings is 1. The first-order valence-electron chi connectivity index (χ1n) is 4.58. The van der Waals surface area contributed by atoms with Gasteiger partial charge in [-0.3, -0.25) is 0 Å². The molecule has 74 valence electrons. The first kappa shape index (κ1) is 9.56. The van der Waals surface area contributed by atoms with Crippen molar-refractivity contribution in [3.05, 3.63) is 35.0 Å². The Labute approximate surface area is 87.6 Å². The molecule has 0 aliphatic rings. The van der Waals surface area contributed by atoms with Crippen LogP contribution in [0.1, 0.15) is 12.5 Å². The van der Waals surface area contributed by atoms with Crippen LogP contribution in [0, 0.1) is 0 Å². The Hall–Kier alpha value is -0.990. The number of hydrogen-bond acceptors (Lipinski definition) is 2. The monoisotopic (exact) mass is 209 g/mol. The Balaban J connectivity index is 2.55. The molecule has 2 aromatic rings. The highest BCUT2D eigenvalue weighted by Crippen LogP contribution is 2.28. The number of hydrogen-bond donors (Lipinski definition) is 1. The van der Waals surface area contributed by atoms with Crippen LogP contribution in [0.15, 0.2) is 28.9 Å². The fourth-order valence-electron chi connectivity index (χ4n) is 1.60. The van der Waals surface area contributed by atoms with E-state index < -0.39 is 0 Å². The standard InChI is InChI=1S/C11H12ClNO/c1-7(13)5-8-6-14-10-4-2-3-9(12)11(8)10/h2-4,6-7H,5,13H2,1H3. The van der Waals surface area contributed by atoms with Gasteiger partial charge in [-0.2, -0.15) is 0 Å². The van der Waals surface area contributed by atoms with Crippen molar-refractivity contribution in [3.8, 4) is 0 Å². The second-order valence-corrected chi connectivity index (χ2v) is 3.96. The van der Waals surface area contributed by atoms with Gasteiger partial charge in [-0.15, -0.1) is 0 Å². The van der Waals surface area contributed by atoms with E-state index in [2.05, 4.69) is 0 Å². The molecule has 0 aliphatic heterocycles. The summed E-state index contributed by atoms with van der Waals surface area (Å²) in [6.45, 7) is 1.97. The van der Waals surface area contributed by atoms with Gasteiger partial charge in [-0.1, -0.05) is 17.7 Å². The second-order valence-electron chi connectivity index (χ2n) is 3.56. The lowest BCUT2D eigenvalue weighted by Gasteiger charge is -2.02. The topological polar surface area (TPSA) is 39.2 Å². The van der Waals surface area contributed by atoms with Crippen LogP contribution in [0.4, 0.5) is 0 Å². The number of furan rings is 1. The molecule has 0 fully saturated rings. The van der Waals surface area contributed by atoms with E-state index in [4.69, 9.17) is 21.8 Å². The molecule has 0 aliphatic carbocycles. The maximum absolute atomic E-state index is 6.09. The lowest BCUT2D eigenvalue weighted by atomic mass is 10.1. The third-order valence-corrected chi connectivity index (χ3v) is 2.48. The summed E-state index contributed by atoms with van der Waals surface area (Å²) in [6.07, 6.45) is 2.52. The summed E-state index contributed by atoms with van der Waals surface area (Å²) in [5, 5.41) is 1.72. The SMILES string of the molecule is CC(N)Cc1coc2cccc(Cl)c12. The van der Waals surface area contributed by atoms with Gasteiger partial charge in [0.25, 0.3) is 0 Å². The summed E-state index contributed by atoms with van der Waals surface area (Å²) in [5.41, 5.74) is 7.65. The van der Waals surface area contributed by atoms with Gasteiger partial charge in [0.15, 0.2) is 0 Å². The van der Waals surface area contributed by atoms with Crippen LogP contribution >= 0.6 is 11.6 Å². The van der Waals surface area contributed by atoms with Crippen molar-refractivity contribution in [3.63, 3.8) is 0 Å². The van der Waals surface area contributed by atoms with Crippen LogP contribution < -0.4 is 5.73 Å². The van der Waals surface area contributed by atoms with E-state index in [0.717, 1.165) is 28.0 Å². The largest absolute Gasteiger partial charge is 0.464 e. The zero-order valence-corrected chi connectivity index (χ0v) is 8.71. The van der Waals surface area contributed by atoms with Gasteiger partial charge in [-0.05, 0) is 25.5 Å². The summed E-state index contributed by atoms with van der Waals surface area (Å²) in [5.74, 6) is 0. The Kier molecular flexibility index (Phi) is 2.48. The molecular formula is C11H12ClNO. The third-order valence-electron chi connectivity index (χ3n) is 2.17. The Morgan fingerprint density at radius 2 is 2.29 bits per heavy atom. The smallest absolute Gasteiger partial charge is 0.135 e. The van der Waals surface area contributed by atoms with Crippen molar-refractivity contribution < 1.29 is 4.42 Å². The Morgan fingerprint density at radius 1 is 1.50 bits per heavy atom. The molecular weight excluding hydrogens is 198 g/mol. The van der Waals surface area contributed by atoms with E-state index >= 15 is 0 Å². The third kappa shape index (κ3) is 1.63. The summed E-state index contributed by atoms with van der Waals surface area (Å²) >= 11 is 6.09. The van der Waals surface area contributed by atoms with Gasteiger partial charge in [0, 0.05) is 17.0 Å². The number of rotatable bonds is 2. The first-order valence-corrected chi connectivity index (χ1v) is 4.96. The fraction of sp³-hybridized carbons (Fsp3) is 0.273. The van der Waals surface area contributed by atoms with Gasteiger partial charge >= 0.3 is 0 Å². The van der Waals surface area contributed by atoms with Gasteiger partial charge in [0.05, 0.1) is 11.3 Å². The maximum atomic E-state index is 6.09. The zero-order chi connectivity index (χ0) is 10.1. The van der Waals surface area contributed by atoms with E-state index in [1.54, 1.807) is 6.26 Å². The molecule has 2 N–H and O–H groups in total. The van der Waals surface area contributed by atoms with Crippen molar-refractivity contribution in [1.29, 1.82) is 0 Å². The van der Waals surface area contributed by atoms with E-state index in [0.29, 0.717) is 0 Å². The van der Waals surface area contributed by atoms with Crippen molar-refractivity contribution >= 4 is 22.6 Å². The van der Waals surface area contributed by atoms with E-state index in [9.17, 15) is 0 Å². The second kappa shape index (κ2) is 3.64. The average molecular weight is 210 g/mol. The fourth-order valence-corrected chi connectivity index (χ4v) is 1.89. The van der Waals surface area contributed by atoms with Gasteiger partial charge in [0.2, 0.25) is 0 Å². The van der Waals surface area contributed by atoms with Crippen molar-refractivity contribution in [1.82, 2.24) is 0 Å². The van der Waals surface area contributed by atoms with E-state index in [-0.39, 0.29) is 6.04 Å². The molecule has 14 heavy (non-hydrogen) atoms. The minimum Gasteiger partial charge on any atom is -0.464 e. The molecule has 1 aromatic heterocycles. The number of nitrogens with two attached hydrogens (primary N) is 1. The normalized spacial score (nSPS) is 13.4. The predicted octanol–water partition coefficient (Wildman–Crippen LogP) is 2.98. The molecule has 2 rings (SSSR count). The summed E-state index contributed by atoms with van der Waals surface area (Å²) in [4.78, 5) is 0. The molecule has 2 nitrogen and oxygen atoms in total. The maximum Gasteiger partial charge on any atom is 0.135 e. The molecule has 0 amide bonds. The zero-order valence-electron chi connectivity index (χ0n) is 7.96. The number of halogens is 1. The highest BCUT2D eigenvalue weighted by Gasteiger charge is 2.10. The van der Waals surface area contributed by atoms with E-state index in [1.807, 2.05) is 25.1 Å². The first-order chi connectivity index (χ1) is 6.68. The molecule has 3 heteroatoms. The summed E-state index contributed by atoms with van der Waals surface area (Å²) in [6, 6.07) is 5.77. The van der Waals surface area contributed by atoms with Crippen molar-refractivity contribution in [2.45, 2.75) is 19.4 Å². The van der Waals surface area contributed by atoms with Crippen LogP contribution in [0.2, 0.25) is 5.02 Å². The summed E-state index contributed by atoms with van der Waals surface area (Å²) < 4.78 is 5.39. The minimum atomic E-state index is 0.118. The van der Waals surface area contributed by atoms with Crippen molar-refractivity contribution in [2.24, 2.45) is 5.73 Å². The Bertz CT molecular complexity index is 447. The van der Waals surface area contributed by atoms with Gasteiger partial charge in [-0.25, -0.2) is 0 Å². The van der Waals surface area contributed by atoms with Gasteiger partial charge in [0.1, 0.15) is 5.58 Å². The molecule has 0 saturated heterocycles. The molecule has 0 radical (unpaired) electrons. The average Bonchev–Trinajstić information content (AvgIpc) is 2.49. The Morgan fingerprint density at radius 3 is 3.00 bits per heavy atom. The van der Waals surface area contributed by atoms with Crippen LogP contribution in [0.3, 0.4) is 0 Å². The molecule has 1 atom stereocenters. The molecule has 1 aromatic carbocycles. The molecule has 1 unspecified atom stereocenters. The van der Waals surface area contributed by atoms with Crippen LogP contribution in [0.25, 0.3) is 11.0 Å². The summed E-state index contributed by atoms with van der Waals surface area (Å²) in [7, 11) is 0.